The molecule has 0 aromatic carbocycles. The Bertz CT molecular complexity index is 174. The number of nitrogens with zero attached hydrogens (tertiary/aromatic N) is 1. The average molecular weight is 305 g/mol. The van der Waals surface area contributed by atoms with Crippen molar-refractivity contribution in [2.24, 2.45) is 5.92 Å². The molecule has 10 heavy (non-hydrogen) atoms. The Morgan fingerprint density at radius 3 is 2.60 bits per heavy atom. The third-order valence-electron chi connectivity index (χ3n) is 0.960. The first-order valence-electron chi connectivity index (χ1n) is 3.19. The van der Waals surface area contributed by atoms with Crippen LogP contribution in [0.25, 0.3) is 4.85 Å². The second-order valence-electron chi connectivity index (χ2n) is 2.42. The van der Waals surface area contributed by atoms with Gasteiger partial charge in [-0.1, -0.05) is 0 Å². The molecule has 0 amide bonds. The van der Waals surface area contributed by atoms with Gasteiger partial charge in [-0.25, -0.2) is 0 Å². The molecule has 1 nitrogen and oxygen atoms in total. The van der Waals surface area contributed by atoms with Crippen LogP contribution in [0.3, 0.4) is 0 Å². The Labute approximate surface area is 73.4 Å². The van der Waals surface area contributed by atoms with Gasteiger partial charge in [0.25, 0.3) is 0 Å². The molecule has 0 heterocycles. The van der Waals surface area contributed by atoms with Gasteiger partial charge in [-0.2, -0.15) is 0 Å². The normalized spacial score (nSPS) is 11.2. The topological polar surface area (TPSA) is 4.36 Å². The maximum absolute atomic E-state index is 6.65. The fourth-order valence-corrected chi connectivity index (χ4v) is 1.20. The number of allylic oxidation sites excluding steroid dienone is 1. The third kappa shape index (κ3) is 4.65. The molecule has 0 atom stereocenters. The Kier molecular flexibility index (Phi) is 5.45. The molecule has 0 unspecified atom stereocenters. The van der Waals surface area contributed by atoms with E-state index in [4.69, 9.17) is 6.57 Å². The fourth-order valence-electron chi connectivity index (χ4n) is 0.649. The van der Waals surface area contributed by atoms with Crippen LogP contribution in [0.5, 0.6) is 0 Å². The SMILES string of the molecule is [C-]#[N+]CC([CH]=[W])=CC(C)C. The Morgan fingerprint density at radius 1 is 1.70 bits per heavy atom. The first-order valence-corrected chi connectivity index (χ1v) is 4.89. The van der Waals surface area contributed by atoms with Crippen molar-refractivity contribution in [1.29, 1.82) is 0 Å². The summed E-state index contributed by atoms with van der Waals surface area (Å²) >= 11 is 1.42. The molecule has 0 aromatic rings. The molecule has 0 aliphatic carbocycles. The van der Waals surface area contributed by atoms with Gasteiger partial charge in [0.15, 0.2) is 0 Å². The molecule has 0 radical (unpaired) electrons. The molecular formula is C8H11NW. The van der Waals surface area contributed by atoms with E-state index in [0.717, 1.165) is 0 Å². The molecular weight excluding hydrogens is 294 g/mol. The Balaban J connectivity index is 4.07. The van der Waals surface area contributed by atoms with Gasteiger partial charge in [-0.15, -0.1) is 0 Å². The Hall–Kier alpha value is -0.212. The summed E-state index contributed by atoms with van der Waals surface area (Å²) < 4.78 is 2.08. The average Bonchev–Trinajstić information content (AvgIpc) is 1.86. The standard InChI is InChI=1S/C8H11N.W/c1-7(2)5-8(3)6-9-4;/h3,5,7H,6H2,1-2H3;. The quantitative estimate of drug-likeness (QED) is 0.701. The van der Waals surface area contributed by atoms with Gasteiger partial charge in [0.2, 0.25) is 0 Å². The van der Waals surface area contributed by atoms with Gasteiger partial charge in [0.1, 0.15) is 0 Å². The molecule has 0 spiro atoms. The molecule has 0 rings (SSSR count). The van der Waals surface area contributed by atoms with Gasteiger partial charge in [-0.05, 0) is 0 Å². The van der Waals surface area contributed by atoms with Crippen LogP contribution in [0.4, 0.5) is 0 Å². The van der Waals surface area contributed by atoms with Gasteiger partial charge < -0.3 is 0 Å². The zero-order chi connectivity index (χ0) is 7.98. The first kappa shape index (κ1) is 9.79. The van der Waals surface area contributed by atoms with E-state index in [0.29, 0.717) is 12.5 Å². The first-order chi connectivity index (χ1) is 4.70. The van der Waals surface area contributed by atoms with E-state index >= 15 is 0 Å². The van der Waals surface area contributed by atoms with Crippen molar-refractivity contribution in [1.82, 2.24) is 0 Å². The second kappa shape index (κ2) is 5.56. The van der Waals surface area contributed by atoms with Crippen molar-refractivity contribution < 1.29 is 19.4 Å². The monoisotopic (exact) mass is 305 g/mol. The van der Waals surface area contributed by atoms with E-state index in [9.17, 15) is 0 Å². The van der Waals surface area contributed by atoms with E-state index in [-0.39, 0.29) is 0 Å². The fraction of sp³-hybridized carbons (Fsp3) is 0.500. The molecule has 0 saturated carbocycles. The summed E-state index contributed by atoms with van der Waals surface area (Å²) in [6.45, 7) is 11.5. The summed E-state index contributed by atoms with van der Waals surface area (Å²) in [6, 6.07) is 0. The minimum absolute atomic E-state index is 0.543. The molecule has 0 saturated heterocycles. The zero-order valence-corrected chi connectivity index (χ0v) is 9.23. The maximum atomic E-state index is 6.65. The summed E-state index contributed by atoms with van der Waals surface area (Å²) in [4.78, 5) is 3.32. The van der Waals surface area contributed by atoms with Crippen LogP contribution in [0.2, 0.25) is 0 Å². The van der Waals surface area contributed by atoms with Crippen LogP contribution in [0.15, 0.2) is 11.6 Å². The van der Waals surface area contributed by atoms with Crippen molar-refractivity contribution in [3.8, 4) is 0 Å². The molecule has 0 N–H and O–H groups in total. The van der Waals surface area contributed by atoms with Crippen molar-refractivity contribution in [3.05, 3.63) is 23.1 Å². The van der Waals surface area contributed by atoms with Crippen LogP contribution in [-0.4, -0.2) is 10.9 Å². The van der Waals surface area contributed by atoms with Gasteiger partial charge >= 0.3 is 73.1 Å². The predicted octanol–water partition coefficient (Wildman–Crippen LogP) is 1.84. The molecule has 0 bridgehead atoms. The predicted molar refractivity (Wildman–Crippen MR) is 40.5 cm³/mol. The molecule has 0 aliphatic rings. The van der Waals surface area contributed by atoms with Crippen LogP contribution >= 0.6 is 0 Å². The molecule has 0 aromatic heterocycles. The number of hydrogen-bond acceptors (Lipinski definition) is 0. The van der Waals surface area contributed by atoms with Gasteiger partial charge in [0.05, 0.1) is 0 Å². The van der Waals surface area contributed by atoms with E-state index in [1.807, 2.05) is 0 Å². The van der Waals surface area contributed by atoms with Crippen LogP contribution in [0.1, 0.15) is 13.8 Å². The van der Waals surface area contributed by atoms with Gasteiger partial charge in [0, 0.05) is 0 Å². The number of hydrogen-bond donors (Lipinski definition) is 0. The molecule has 0 aliphatic heterocycles. The zero-order valence-electron chi connectivity index (χ0n) is 6.29. The second-order valence-corrected chi connectivity index (χ2v) is 3.27. The van der Waals surface area contributed by atoms with Crippen molar-refractivity contribution in [2.75, 3.05) is 6.54 Å². The molecule has 54 valence electrons. The van der Waals surface area contributed by atoms with E-state index < -0.39 is 0 Å². The molecule has 0 fully saturated rings. The number of rotatable bonds is 3. The summed E-state index contributed by atoms with van der Waals surface area (Å²) in [5, 5.41) is 0. The summed E-state index contributed by atoms with van der Waals surface area (Å²) in [6.07, 6.45) is 2.14. The molecule has 2 heteroatoms. The van der Waals surface area contributed by atoms with E-state index in [1.165, 1.54) is 24.9 Å². The van der Waals surface area contributed by atoms with E-state index in [2.05, 4.69) is 29.2 Å². The van der Waals surface area contributed by atoms with Crippen LogP contribution < -0.4 is 0 Å². The van der Waals surface area contributed by atoms with Crippen molar-refractivity contribution in [2.45, 2.75) is 13.8 Å². The van der Waals surface area contributed by atoms with Crippen molar-refractivity contribution >= 4 is 4.40 Å². The van der Waals surface area contributed by atoms with E-state index in [1.54, 1.807) is 0 Å². The summed E-state index contributed by atoms with van der Waals surface area (Å²) in [7, 11) is 0. The summed E-state index contributed by atoms with van der Waals surface area (Å²) in [5.41, 5.74) is 1.18. The summed E-state index contributed by atoms with van der Waals surface area (Å²) in [5.74, 6) is 0.562. The Morgan fingerprint density at radius 2 is 2.30 bits per heavy atom. The third-order valence-corrected chi connectivity index (χ3v) is 2.05. The van der Waals surface area contributed by atoms with Crippen LogP contribution in [-0.2, 0) is 19.4 Å². The van der Waals surface area contributed by atoms with Crippen LogP contribution in [0, 0.1) is 12.5 Å². The van der Waals surface area contributed by atoms with Gasteiger partial charge in [-0.3, -0.25) is 0 Å². The van der Waals surface area contributed by atoms with Crippen molar-refractivity contribution in [3.63, 3.8) is 0 Å². The minimum atomic E-state index is 0.543.